The van der Waals surface area contributed by atoms with E-state index in [-0.39, 0.29) is 5.69 Å². The van der Waals surface area contributed by atoms with Crippen molar-refractivity contribution in [1.29, 1.82) is 0 Å². The molecular weight excluding hydrogens is 300 g/mol. The van der Waals surface area contributed by atoms with Gasteiger partial charge in [0.1, 0.15) is 5.75 Å². The van der Waals surface area contributed by atoms with Crippen molar-refractivity contribution in [2.24, 2.45) is 0 Å². The highest BCUT2D eigenvalue weighted by atomic mass is 35.5. The molecule has 3 rings (SSSR count). The van der Waals surface area contributed by atoms with Crippen LogP contribution in [0.3, 0.4) is 0 Å². The molecule has 0 bridgehead atoms. The molecule has 0 saturated heterocycles. The third kappa shape index (κ3) is 2.88. The van der Waals surface area contributed by atoms with Gasteiger partial charge in [0.25, 0.3) is 0 Å². The highest BCUT2D eigenvalue weighted by Gasteiger charge is 2.09. The largest absolute Gasteiger partial charge is 0.494 e. The topological polar surface area (TPSA) is 47.0 Å². The number of hydrogen-bond donors (Lipinski definition) is 1. The predicted octanol–water partition coefficient (Wildman–Crippen LogP) is 4.15. The monoisotopic (exact) mass is 316 g/mol. The van der Waals surface area contributed by atoms with E-state index in [2.05, 4.69) is 11.9 Å². The Morgan fingerprint density at radius 1 is 1.18 bits per heavy atom. The van der Waals surface area contributed by atoms with E-state index in [1.165, 1.54) is 0 Å². The molecule has 0 fully saturated rings. The normalized spacial score (nSPS) is 11.0. The molecule has 3 aromatic rings. The number of H-pyrrole nitrogens is 1. The SMILES string of the molecule is CCCCOc1ccc(-n2c(=O)[nH]c3cc(Cl)ccc32)cc1. The van der Waals surface area contributed by atoms with Crippen molar-refractivity contribution >= 4 is 22.6 Å². The number of nitrogens with zero attached hydrogens (tertiary/aromatic N) is 1. The summed E-state index contributed by atoms with van der Waals surface area (Å²) in [5, 5.41) is 0.598. The van der Waals surface area contributed by atoms with E-state index in [1.807, 2.05) is 30.3 Å². The van der Waals surface area contributed by atoms with Crippen LogP contribution in [0, 0.1) is 0 Å². The van der Waals surface area contributed by atoms with Gasteiger partial charge in [-0.05, 0) is 48.9 Å². The number of rotatable bonds is 5. The van der Waals surface area contributed by atoms with Crippen LogP contribution in [0.25, 0.3) is 16.7 Å². The summed E-state index contributed by atoms with van der Waals surface area (Å²) in [5.41, 5.74) is 2.13. The Labute approximate surface area is 133 Å². The average Bonchev–Trinajstić information content (AvgIpc) is 2.83. The van der Waals surface area contributed by atoms with Crippen LogP contribution >= 0.6 is 11.6 Å². The van der Waals surface area contributed by atoms with E-state index in [1.54, 1.807) is 16.7 Å². The summed E-state index contributed by atoms with van der Waals surface area (Å²) in [4.78, 5) is 15.0. The molecule has 0 aliphatic heterocycles. The maximum atomic E-state index is 12.2. The van der Waals surface area contributed by atoms with Gasteiger partial charge in [0.05, 0.1) is 23.3 Å². The zero-order valence-corrected chi connectivity index (χ0v) is 13.1. The minimum Gasteiger partial charge on any atom is -0.494 e. The molecular formula is C17H17ClN2O2. The Kier molecular flexibility index (Phi) is 4.20. The second-order valence-corrected chi connectivity index (χ2v) is 5.56. The van der Waals surface area contributed by atoms with E-state index in [9.17, 15) is 4.79 Å². The zero-order valence-electron chi connectivity index (χ0n) is 12.3. The number of ether oxygens (including phenoxy) is 1. The van der Waals surface area contributed by atoms with Crippen LogP contribution in [0.15, 0.2) is 47.3 Å². The smallest absolute Gasteiger partial charge is 0.331 e. The van der Waals surface area contributed by atoms with Gasteiger partial charge in [-0.1, -0.05) is 24.9 Å². The first-order valence-corrected chi connectivity index (χ1v) is 7.70. The van der Waals surface area contributed by atoms with Gasteiger partial charge >= 0.3 is 5.69 Å². The lowest BCUT2D eigenvalue weighted by Gasteiger charge is -2.07. The third-order valence-electron chi connectivity index (χ3n) is 3.51. The standard InChI is InChI=1S/C17H17ClN2O2/c1-2-3-10-22-14-7-5-13(6-8-14)20-16-9-4-12(18)11-15(16)19-17(20)21/h4-9,11H,2-3,10H2,1H3,(H,19,21). The molecule has 22 heavy (non-hydrogen) atoms. The Hall–Kier alpha value is -2.20. The molecule has 1 N–H and O–H groups in total. The number of nitrogens with one attached hydrogen (secondary N) is 1. The first-order valence-electron chi connectivity index (χ1n) is 7.32. The summed E-state index contributed by atoms with van der Waals surface area (Å²) >= 11 is 5.96. The fourth-order valence-electron chi connectivity index (χ4n) is 2.37. The fourth-order valence-corrected chi connectivity index (χ4v) is 2.54. The number of halogens is 1. The number of aromatic amines is 1. The van der Waals surface area contributed by atoms with Crippen LogP contribution in [0.1, 0.15) is 19.8 Å². The first kappa shape index (κ1) is 14.7. The Balaban J connectivity index is 1.94. The maximum absolute atomic E-state index is 12.2. The highest BCUT2D eigenvalue weighted by Crippen LogP contribution is 2.21. The summed E-state index contributed by atoms with van der Waals surface area (Å²) in [5.74, 6) is 0.813. The second-order valence-electron chi connectivity index (χ2n) is 5.12. The van der Waals surface area contributed by atoms with Crippen molar-refractivity contribution in [2.75, 3.05) is 6.61 Å². The summed E-state index contributed by atoms with van der Waals surface area (Å²) in [6.07, 6.45) is 2.13. The van der Waals surface area contributed by atoms with Crippen LogP contribution in [0.2, 0.25) is 5.02 Å². The molecule has 0 spiro atoms. The fraction of sp³-hybridized carbons (Fsp3) is 0.235. The van der Waals surface area contributed by atoms with Crippen molar-refractivity contribution in [3.63, 3.8) is 0 Å². The van der Waals surface area contributed by atoms with Crippen LogP contribution in [0.5, 0.6) is 5.75 Å². The van der Waals surface area contributed by atoms with Gasteiger partial charge in [-0.2, -0.15) is 0 Å². The molecule has 5 heteroatoms. The number of fused-ring (bicyclic) bond motifs is 1. The minimum absolute atomic E-state index is 0.183. The van der Waals surface area contributed by atoms with E-state index in [0.717, 1.165) is 35.3 Å². The van der Waals surface area contributed by atoms with Gasteiger partial charge in [0, 0.05) is 5.02 Å². The van der Waals surface area contributed by atoms with E-state index in [0.29, 0.717) is 11.6 Å². The van der Waals surface area contributed by atoms with E-state index in [4.69, 9.17) is 16.3 Å². The molecule has 1 heterocycles. The molecule has 0 aliphatic carbocycles. The lowest BCUT2D eigenvalue weighted by molar-refractivity contribution is 0.309. The molecule has 0 radical (unpaired) electrons. The Morgan fingerprint density at radius 2 is 1.95 bits per heavy atom. The van der Waals surface area contributed by atoms with Crippen molar-refractivity contribution in [2.45, 2.75) is 19.8 Å². The van der Waals surface area contributed by atoms with E-state index >= 15 is 0 Å². The first-order chi connectivity index (χ1) is 10.7. The number of imidazole rings is 1. The summed E-state index contributed by atoms with van der Waals surface area (Å²) in [7, 11) is 0. The van der Waals surface area contributed by atoms with Crippen LogP contribution in [0.4, 0.5) is 0 Å². The van der Waals surface area contributed by atoms with Gasteiger partial charge < -0.3 is 9.72 Å². The molecule has 1 aromatic heterocycles. The van der Waals surface area contributed by atoms with Gasteiger partial charge in [-0.15, -0.1) is 0 Å². The number of unbranched alkanes of at least 4 members (excludes halogenated alkanes) is 1. The lowest BCUT2D eigenvalue weighted by atomic mass is 10.2. The molecule has 0 unspecified atom stereocenters. The molecule has 4 nitrogen and oxygen atoms in total. The molecule has 0 amide bonds. The van der Waals surface area contributed by atoms with Crippen molar-refractivity contribution in [3.8, 4) is 11.4 Å². The van der Waals surface area contributed by atoms with Gasteiger partial charge in [-0.3, -0.25) is 4.57 Å². The summed E-state index contributed by atoms with van der Waals surface area (Å²) in [6.45, 7) is 2.84. The van der Waals surface area contributed by atoms with Crippen molar-refractivity contribution in [1.82, 2.24) is 9.55 Å². The molecule has 0 aliphatic rings. The van der Waals surface area contributed by atoms with Gasteiger partial charge in [-0.25, -0.2) is 4.79 Å². The van der Waals surface area contributed by atoms with Crippen molar-refractivity contribution < 1.29 is 4.74 Å². The molecule has 2 aromatic carbocycles. The molecule has 0 atom stereocenters. The van der Waals surface area contributed by atoms with Gasteiger partial charge in [0.2, 0.25) is 0 Å². The van der Waals surface area contributed by atoms with Crippen LogP contribution in [-0.4, -0.2) is 16.2 Å². The minimum atomic E-state index is -0.183. The highest BCUT2D eigenvalue weighted by molar-refractivity contribution is 6.31. The second kappa shape index (κ2) is 6.28. The number of hydrogen-bond acceptors (Lipinski definition) is 2. The van der Waals surface area contributed by atoms with Crippen LogP contribution < -0.4 is 10.4 Å². The lowest BCUT2D eigenvalue weighted by Crippen LogP contribution is -2.14. The maximum Gasteiger partial charge on any atom is 0.331 e. The quantitative estimate of drug-likeness (QED) is 0.719. The van der Waals surface area contributed by atoms with E-state index < -0.39 is 0 Å². The zero-order chi connectivity index (χ0) is 15.5. The summed E-state index contributed by atoms with van der Waals surface area (Å²) in [6, 6.07) is 12.9. The molecule has 114 valence electrons. The number of benzene rings is 2. The average molecular weight is 317 g/mol. The Bertz CT molecular complexity index is 834. The third-order valence-corrected chi connectivity index (χ3v) is 3.74. The predicted molar refractivity (Wildman–Crippen MR) is 89.3 cm³/mol. The number of aromatic nitrogens is 2. The Morgan fingerprint density at radius 3 is 2.68 bits per heavy atom. The van der Waals surface area contributed by atoms with Crippen molar-refractivity contribution in [3.05, 3.63) is 58.0 Å². The molecule has 0 saturated carbocycles. The van der Waals surface area contributed by atoms with Crippen LogP contribution in [-0.2, 0) is 0 Å². The summed E-state index contributed by atoms with van der Waals surface area (Å²) < 4.78 is 7.27. The van der Waals surface area contributed by atoms with Gasteiger partial charge in [0.15, 0.2) is 0 Å².